The van der Waals surface area contributed by atoms with Crippen LogP contribution in [0.4, 0.5) is 13.2 Å². The van der Waals surface area contributed by atoms with E-state index in [-0.39, 0.29) is 0 Å². The number of aromatic nitrogens is 1. The van der Waals surface area contributed by atoms with Gasteiger partial charge in [0.05, 0.1) is 5.03 Å². The number of nitrogens with one attached hydrogen (secondary N) is 1. The quantitative estimate of drug-likeness (QED) is 0.832. The van der Waals surface area contributed by atoms with E-state index >= 15 is 0 Å². The predicted octanol–water partition coefficient (Wildman–Crippen LogP) is 3.15. The highest BCUT2D eigenvalue weighted by atomic mass is 32.2. The van der Waals surface area contributed by atoms with Crippen molar-refractivity contribution in [3.05, 3.63) is 30.3 Å². The Morgan fingerprint density at radius 1 is 1.29 bits per heavy atom. The zero-order chi connectivity index (χ0) is 12.5. The van der Waals surface area contributed by atoms with Gasteiger partial charge < -0.3 is 10.7 Å². The first-order valence-corrected chi connectivity index (χ1v) is 5.90. The highest BCUT2D eigenvalue weighted by Gasteiger charge is 2.39. The van der Waals surface area contributed by atoms with Crippen molar-refractivity contribution in [2.24, 2.45) is 5.73 Å². The molecular weight excluding hydrogens is 249 g/mol. The van der Waals surface area contributed by atoms with Gasteiger partial charge in [-0.1, -0.05) is 30.0 Å². The largest absolute Gasteiger partial charge is 0.402 e. The van der Waals surface area contributed by atoms with Gasteiger partial charge in [-0.2, -0.15) is 13.2 Å². The molecule has 2 rings (SSSR count). The fraction of sp³-hybridized carbons (Fsp3) is 0.273. The number of nitrogens with two attached hydrogens (primary N) is 1. The second kappa shape index (κ2) is 4.62. The zero-order valence-electron chi connectivity index (χ0n) is 8.79. The molecule has 2 aromatic rings. The topological polar surface area (TPSA) is 41.8 Å². The molecule has 0 aliphatic heterocycles. The van der Waals surface area contributed by atoms with E-state index in [0.29, 0.717) is 16.8 Å². The van der Waals surface area contributed by atoms with Gasteiger partial charge in [0.15, 0.2) is 0 Å². The second-order valence-electron chi connectivity index (χ2n) is 3.60. The number of H-pyrrole nitrogens is 1. The molecule has 0 saturated heterocycles. The number of halogens is 3. The molecule has 17 heavy (non-hydrogen) atoms. The molecule has 6 heteroatoms. The standard InChI is InChI=1S/C11H11F3N2S/c12-11(13,14)9(6-15)17-10-5-7-3-1-2-4-8(7)16-10/h1-5,9,16H,6,15H2. The molecule has 1 aromatic heterocycles. The van der Waals surface area contributed by atoms with Gasteiger partial charge in [0.25, 0.3) is 0 Å². The van der Waals surface area contributed by atoms with Crippen molar-refractivity contribution in [1.29, 1.82) is 0 Å². The first kappa shape index (κ1) is 12.3. The fourth-order valence-corrected chi connectivity index (χ4v) is 2.41. The number of hydrogen-bond acceptors (Lipinski definition) is 2. The molecule has 0 spiro atoms. The van der Waals surface area contributed by atoms with Crippen LogP contribution in [0.2, 0.25) is 0 Å². The van der Waals surface area contributed by atoms with Crippen molar-refractivity contribution < 1.29 is 13.2 Å². The van der Waals surface area contributed by atoms with Crippen LogP contribution in [0.1, 0.15) is 0 Å². The van der Waals surface area contributed by atoms with Crippen molar-refractivity contribution in [2.75, 3.05) is 6.54 Å². The summed E-state index contributed by atoms with van der Waals surface area (Å²) >= 11 is 0.716. The third-order valence-corrected chi connectivity index (χ3v) is 3.57. The molecule has 1 unspecified atom stereocenters. The van der Waals surface area contributed by atoms with Gasteiger partial charge in [0.1, 0.15) is 5.25 Å². The minimum absolute atomic E-state index is 0.427. The van der Waals surface area contributed by atoms with Gasteiger partial charge in [-0.15, -0.1) is 0 Å². The lowest BCUT2D eigenvalue weighted by atomic mass is 10.3. The van der Waals surface area contributed by atoms with Crippen LogP contribution in [0.15, 0.2) is 35.4 Å². The molecule has 1 atom stereocenters. The fourth-order valence-electron chi connectivity index (χ4n) is 1.51. The number of benzene rings is 1. The summed E-state index contributed by atoms with van der Waals surface area (Å²) in [6, 6.07) is 9.05. The molecule has 0 fully saturated rings. The summed E-state index contributed by atoms with van der Waals surface area (Å²) in [4.78, 5) is 2.94. The molecular formula is C11H11F3N2S. The smallest absolute Gasteiger partial charge is 0.350 e. The Bertz CT molecular complexity index is 474. The van der Waals surface area contributed by atoms with Gasteiger partial charge in [-0.25, -0.2) is 0 Å². The van der Waals surface area contributed by atoms with Gasteiger partial charge in [0.2, 0.25) is 0 Å². The Labute approximate surface area is 100 Å². The molecule has 0 aliphatic carbocycles. The van der Waals surface area contributed by atoms with Gasteiger partial charge in [0, 0.05) is 17.4 Å². The lowest BCUT2D eigenvalue weighted by Crippen LogP contribution is -2.32. The highest BCUT2D eigenvalue weighted by molar-refractivity contribution is 8.00. The molecule has 1 aromatic carbocycles. The maximum atomic E-state index is 12.5. The van der Waals surface area contributed by atoms with Crippen molar-refractivity contribution >= 4 is 22.7 Å². The van der Waals surface area contributed by atoms with E-state index in [1.165, 1.54) is 0 Å². The number of fused-ring (bicyclic) bond motifs is 1. The van der Waals surface area contributed by atoms with E-state index in [1.807, 2.05) is 24.3 Å². The Morgan fingerprint density at radius 3 is 2.59 bits per heavy atom. The molecule has 1 heterocycles. The Hall–Kier alpha value is -1.14. The van der Waals surface area contributed by atoms with E-state index in [4.69, 9.17) is 5.73 Å². The summed E-state index contributed by atoms with van der Waals surface area (Å²) in [5.74, 6) is 0. The monoisotopic (exact) mass is 260 g/mol. The summed E-state index contributed by atoms with van der Waals surface area (Å²) in [7, 11) is 0. The number of hydrogen-bond donors (Lipinski definition) is 2. The first-order valence-electron chi connectivity index (χ1n) is 5.02. The molecule has 92 valence electrons. The Kier molecular flexibility index (Phi) is 3.35. The average Bonchev–Trinajstić information content (AvgIpc) is 2.66. The SMILES string of the molecule is NCC(Sc1cc2ccccc2[nH]1)C(F)(F)F. The lowest BCUT2D eigenvalue weighted by molar-refractivity contribution is -0.126. The van der Waals surface area contributed by atoms with E-state index in [1.54, 1.807) is 6.07 Å². The van der Waals surface area contributed by atoms with E-state index < -0.39 is 18.0 Å². The van der Waals surface area contributed by atoms with Gasteiger partial charge >= 0.3 is 6.18 Å². The van der Waals surface area contributed by atoms with Crippen LogP contribution in [-0.2, 0) is 0 Å². The van der Waals surface area contributed by atoms with Crippen LogP contribution in [0.25, 0.3) is 10.9 Å². The number of para-hydroxylation sites is 1. The zero-order valence-corrected chi connectivity index (χ0v) is 9.61. The average molecular weight is 260 g/mol. The number of aromatic amines is 1. The van der Waals surface area contributed by atoms with Crippen molar-refractivity contribution in [2.45, 2.75) is 16.5 Å². The van der Waals surface area contributed by atoms with E-state index in [0.717, 1.165) is 10.9 Å². The van der Waals surface area contributed by atoms with E-state index in [2.05, 4.69) is 4.98 Å². The van der Waals surface area contributed by atoms with Crippen LogP contribution >= 0.6 is 11.8 Å². The highest BCUT2D eigenvalue weighted by Crippen LogP contribution is 2.35. The van der Waals surface area contributed by atoms with E-state index in [9.17, 15) is 13.2 Å². The maximum absolute atomic E-state index is 12.5. The van der Waals surface area contributed by atoms with Crippen molar-refractivity contribution in [3.63, 3.8) is 0 Å². The molecule has 3 N–H and O–H groups in total. The summed E-state index contributed by atoms with van der Waals surface area (Å²) in [5.41, 5.74) is 5.97. The first-order chi connectivity index (χ1) is 8.00. The molecule has 0 bridgehead atoms. The summed E-state index contributed by atoms with van der Waals surface area (Å²) in [5, 5.41) is -0.192. The van der Waals surface area contributed by atoms with Crippen molar-refractivity contribution in [1.82, 2.24) is 4.98 Å². The normalized spacial score (nSPS) is 14.1. The van der Waals surface area contributed by atoms with Gasteiger partial charge in [-0.05, 0) is 12.1 Å². The Balaban J connectivity index is 2.23. The maximum Gasteiger partial charge on any atom is 0.402 e. The summed E-state index contributed by atoms with van der Waals surface area (Å²) in [6.07, 6.45) is -4.28. The van der Waals surface area contributed by atoms with Gasteiger partial charge in [-0.3, -0.25) is 0 Å². The Morgan fingerprint density at radius 2 is 2.00 bits per heavy atom. The lowest BCUT2D eigenvalue weighted by Gasteiger charge is -2.16. The predicted molar refractivity (Wildman–Crippen MR) is 63.1 cm³/mol. The minimum Gasteiger partial charge on any atom is -0.350 e. The van der Waals surface area contributed by atoms with Crippen LogP contribution in [0, 0.1) is 0 Å². The third-order valence-electron chi connectivity index (χ3n) is 2.35. The minimum atomic E-state index is -4.28. The number of alkyl halides is 3. The van der Waals surface area contributed by atoms with Crippen molar-refractivity contribution in [3.8, 4) is 0 Å². The number of rotatable bonds is 3. The second-order valence-corrected chi connectivity index (χ2v) is 4.85. The summed E-state index contributed by atoms with van der Waals surface area (Å²) in [6.45, 7) is -0.427. The number of thioether (sulfide) groups is 1. The molecule has 0 amide bonds. The molecule has 0 radical (unpaired) electrons. The molecule has 0 saturated carbocycles. The van der Waals surface area contributed by atoms with Crippen LogP contribution in [0.3, 0.4) is 0 Å². The molecule has 2 nitrogen and oxygen atoms in total. The third kappa shape index (κ3) is 2.76. The summed E-state index contributed by atoms with van der Waals surface area (Å²) < 4.78 is 37.6. The van der Waals surface area contributed by atoms with Crippen LogP contribution in [0.5, 0.6) is 0 Å². The van der Waals surface area contributed by atoms with Crippen LogP contribution in [-0.4, -0.2) is 23.0 Å². The molecule has 0 aliphatic rings. The van der Waals surface area contributed by atoms with Crippen LogP contribution < -0.4 is 5.73 Å².